The largest absolute Gasteiger partial charge is 0.419 e. The fourth-order valence-electron chi connectivity index (χ4n) is 4.12. The first-order chi connectivity index (χ1) is 16.6. The van der Waals surface area contributed by atoms with Crippen molar-refractivity contribution in [2.24, 2.45) is 0 Å². The number of nitrogens with zero attached hydrogens (tertiary/aromatic N) is 2. The van der Waals surface area contributed by atoms with Crippen LogP contribution in [-0.4, -0.2) is 48.3 Å². The van der Waals surface area contributed by atoms with Crippen molar-refractivity contribution in [2.45, 2.75) is 51.2 Å². The van der Waals surface area contributed by atoms with Crippen LogP contribution in [-0.2, 0) is 31.6 Å². The summed E-state index contributed by atoms with van der Waals surface area (Å²) in [6.07, 6.45) is -5.09. The second kappa shape index (κ2) is 10.4. The van der Waals surface area contributed by atoms with Crippen LogP contribution in [0, 0.1) is 12.7 Å². The van der Waals surface area contributed by atoms with Crippen LogP contribution in [0.1, 0.15) is 53.9 Å². The average Bonchev–Trinajstić information content (AvgIpc) is 3.47. The number of carbonyl (C=O) groups excluding carboxylic acids is 1. The quantitative estimate of drug-likeness (QED) is 0.564. The number of nitrogens with one attached hydrogen (secondary N) is 2. The molecule has 2 fully saturated rings. The van der Waals surface area contributed by atoms with Crippen LogP contribution in [0.4, 0.5) is 23.4 Å². The van der Waals surface area contributed by atoms with Crippen LogP contribution in [0.5, 0.6) is 0 Å². The second-order valence-electron chi connectivity index (χ2n) is 8.43. The molecule has 3 heterocycles. The van der Waals surface area contributed by atoms with E-state index in [2.05, 4.69) is 20.6 Å². The third kappa shape index (κ3) is 5.88. The van der Waals surface area contributed by atoms with Gasteiger partial charge in [0.05, 0.1) is 55.1 Å². The first-order valence-electron chi connectivity index (χ1n) is 11.2. The highest BCUT2D eigenvalue weighted by Crippen LogP contribution is 2.36. The summed E-state index contributed by atoms with van der Waals surface area (Å²) in [5.74, 6) is -1.13. The molecule has 1 aromatic heterocycles. The minimum absolute atomic E-state index is 0.0885. The normalized spacial score (nSPS) is 19.7. The van der Waals surface area contributed by atoms with E-state index in [0.717, 1.165) is 6.07 Å². The number of alkyl halides is 3. The van der Waals surface area contributed by atoms with Gasteiger partial charge in [-0.3, -0.25) is 4.79 Å². The van der Waals surface area contributed by atoms with Crippen molar-refractivity contribution in [3.05, 3.63) is 52.2 Å². The maximum absolute atomic E-state index is 14.7. The molecule has 2 N–H and O–H groups in total. The molecule has 8 nitrogen and oxygen atoms in total. The summed E-state index contributed by atoms with van der Waals surface area (Å²) >= 11 is 0. The first-order valence-corrected chi connectivity index (χ1v) is 11.2. The zero-order chi connectivity index (χ0) is 25.2. The molecule has 4 rings (SSSR count). The van der Waals surface area contributed by atoms with E-state index in [1.807, 2.05) is 0 Å². The summed E-state index contributed by atoms with van der Waals surface area (Å²) in [4.78, 5) is 21.5. The number of benzene rings is 1. The van der Waals surface area contributed by atoms with E-state index in [9.17, 15) is 22.4 Å². The summed E-state index contributed by atoms with van der Waals surface area (Å²) in [6.45, 7) is 4.76. The van der Waals surface area contributed by atoms with Crippen molar-refractivity contribution >= 4 is 11.7 Å². The molecule has 0 spiro atoms. The van der Waals surface area contributed by atoms with Crippen LogP contribution in [0.15, 0.2) is 18.2 Å². The topological polar surface area (TPSA) is 94.6 Å². The van der Waals surface area contributed by atoms with E-state index >= 15 is 0 Å². The molecule has 2 aliphatic heterocycles. The molecule has 2 atom stereocenters. The van der Waals surface area contributed by atoms with Gasteiger partial charge in [0, 0.05) is 12.2 Å². The molecule has 2 aliphatic rings. The molecular weight excluding hydrogens is 472 g/mol. The summed E-state index contributed by atoms with van der Waals surface area (Å²) in [6, 6.07) is 2.13. The third-order valence-corrected chi connectivity index (χ3v) is 5.77. The predicted octanol–water partition coefficient (Wildman–Crippen LogP) is 3.61. The van der Waals surface area contributed by atoms with Crippen LogP contribution >= 0.6 is 0 Å². The summed E-state index contributed by atoms with van der Waals surface area (Å²) in [5.41, 5.74) is -0.834. The number of halogens is 4. The maximum Gasteiger partial charge on any atom is 0.419 e. The molecule has 0 radical (unpaired) electrons. The Morgan fingerprint density at radius 1 is 1.20 bits per heavy atom. The Morgan fingerprint density at radius 2 is 1.94 bits per heavy atom. The zero-order valence-corrected chi connectivity index (χ0v) is 19.2. The number of hydrogen-bond donors (Lipinski definition) is 2. The van der Waals surface area contributed by atoms with Crippen LogP contribution < -0.4 is 10.6 Å². The third-order valence-electron chi connectivity index (χ3n) is 5.77. The van der Waals surface area contributed by atoms with E-state index in [4.69, 9.17) is 14.2 Å². The smallest absolute Gasteiger partial charge is 0.379 e. The lowest BCUT2D eigenvalue weighted by atomic mass is 10.0. The van der Waals surface area contributed by atoms with Crippen molar-refractivity contribution in [2.75, 3.05) is 31.7 Å². The SMILES string of the molecule is Cc1nc(CC(=O)N[C@@H]2CCOC2)c(C2OCCO2)c(N[C@H](C)c2cccc(C(F)(F)F)c2F)n1. The number of aromatic nitrogens is 2. The van der Waals surface area contributed by atoms with E-state index in [0.29, 0.717) is 56.0 Å². The fraction of sp³-hybridized carbons (Fsp3) is 0.522. The Kier molecular flexibility index (Phi) is 7.53. The van der Waals surface area contributed by atoms with Crippen molar-refractivity contribution in [3.63, 3.8) is 0 Å². The summed E-state index contributed by atoms with van der Waals surface area (Å²) < 4.78 is 70.9. The number of carbonyl (C=O) groups is 1. The monoisotopic (exact) mass is 498 g/mol. The second-order valence-corrected chi connectivity index (χ2v) is 8.43. The maximum atomic E-state index is 14.7. The summed E-state index contributed by atoms with van der Waals surface area (Å²) in [7, 11) is 0. The lowest BCUT2D eigenvalue weighted by Gasteiger charge is -2.23. The van der Waals surface area contributed by atoms with Gasteiger partial charge in [0.2, 0.25) is 5.91 Å². The van der Waals surface area contributed by atoms with Crippen molar-refractivity contribution < 1.29 is 36.6 Å². The van der Waals surface area contributed by atoms with E-state index < -0.39 is 29.9 Å². The molecule has 2 aromatic rings. The lowest BCUT2D eigenvalue weighted by molar-refractivity contribution is -0.140. The van der Waals surface area contributed by atoms with Crippen molar-refractivity contribution in [3.8, 4) is 0 Å². The Bertz CT molecular complexity index is 1070. The molecule has 0 unspecified atom stereocenters. The molecule has 0 saturated carbocycles. The average molecular weight is 498 g/mol. The van der Waals surface area contributed by atoms with Gasteiger partial charge in [0.25, 0.3) is 0 Å². The Balaban J connectivity index is 1.64. The van der Waals surface area contributed by atoms with Gasteiger partial charge in [-0.15, -0.1) is 0 Å². The van der Waals surface area contributed by atoms with Crippen molar-refractivity contribution in [1.82, 2.24) is 15.3 Å². The molecule has 0 aliphatic carbocycles. The highest BCUT2D eigenvalue weighted by atomic mass is 19.4. The standard InChI is InChI=1S/C23H26F4N4O4/c1-12(15-4-3-5-16(20(15)24)23(25,26)27)28-21-19(22-34-8-9-35-22)17(29-13(2)30-21)10-18(32)31-14-6-7-33-11-14/h3-5,12,14,22H,6-11H2,1-2H3,(H,31,32)(H,28,29,30)/t12-,14-/m1/s1. The van der Waals surface area contributed by atoms with Gasteiger partial charge in [-0.1, -0.05) is 12.1 Å². The molecule has 2 saturated heterocycles. The van der Waals surface area contributed by atoms with Crippen LogP contribution in [0.25, 0.3) is 0 Å². The van der Waals surface area contributed by atoms with Gasteiger partial charge in [0.15, 0.2) is 6.29 Å². The fourth-order valence-corrected chi connectivity index (χ4v) is 4.12. The predicted molar refractivity (Wildman–Crippen MR) is 116 cm³/mol. The number of rotatable bonds is 7. The number of ether oxygens (including phenoxy) is 3. The van der Waals surface area contributed by atoms with Gasteiger partial charge in [-0.25, -0.2) is 14.4 Å². The molecule has 1 aromatic carbocycles. The number of hydrogen-bond acceptors (Lipinski definition) is 7. The van der Waals surface area contributed by atoms with E-state index in [-0.39, 0.29) is 29.8 Å². The molecule has 35 heavy (non-hydrogen) atoms. The number of aryl methyl sites for hydroxylation is 1. The molecule has 12 heteroatoms. The Hall–Kier alpha value is -2.83. The molecule has 1 amide bonds. The van der Waals surface area contributed by atoms with Gasteiger partial charge in [-0.2, -0.15) is 13.2 Å². The minimum atomic E-state index is -4.83. The van der Waals surface area contributed by atoms with Gasteiger partial charge in [-0.05, 0) is 26.3 Å². The van der Waals surface area contributed by atoms with E-state index in [1.165, 1.54) is 13.0 Å². The number of amides is 1. The molecule has 0 bridgehead atoms. The number of anilines is 1. The van der Waals surface area contributed by atoms with Crippen LogP contribution in [0.3, 0.4) is 0 Å². The Labute approximate surface area is 199 Å². The Morgan fingerprint density at radius 3 is 2.60 bits per heavy atom. The van der Waals surface area contributed by atoms with Gasteiger partial charge >= 0.3 is 6.18 Å². The van der Waals surface area contributed by atoms with Gasteiger partial charge in [0.1, 0.15) is 17.5 Å². The molecular formula is C23H26F4N4O4. The van der Waals surface area contributed by atoms with Gasteiger partial charge < -0.3 is 24.8 Å². The first kappa shape index (κ1) is 25.3. The lowest BCUT2D eigenvalue weighted by Crippen LogP contribution is -2.36. The highest BCUT2D eigenvalue weighted by Gasteiger charge is 2.36. The van der Waals surface area contributed by atoms with Crippen molar-refractivity contribution in [1.29, 1.82) is 0 Å². The molecule has 190 valence electrons. The highest BCUT2D eigenvalue weighted by molar-refractivity contribution is 5.79. The zero-order valence-electron chi connectivity index (χ0n) is 19.2. The summed E-state index contributed by atoms with van der Waals surface area (Å²) in [5, 5.41) is 5.88. The van der Waals surface area contributed by atoms with Crippen LogP contribution in [0.2, 0.25) is 0 Å². The van der Waals surface area contributed by atoms with E-state index in [1.54, 1.807) is 6.92 Å². The minimum Gasteiger partial charge on any atom is -0.379 e.